The van der Waals surface area contributed by atoms with Crippen molar-refractivity contribution in [1.82, 2.24) is 4.90 Å². The molecule has 1 heterocycles. The van der Waals surface area contributed by atoms with Crippen LogP contribution in [-0.4, -0.2) is 31.1 Å². The smallest absolute Gasteiger partial charge is 0.0366 e. The Morgan fingerprint density at radius 1 is 1.00 bits per heavy atom. The van der Waals surface area contributed by atoms with Crippen LogP contribution in [0.25, 0.3) is 0 Å². The number of hydrogen-bond acceptors (Lipinski definition) is 2. The van der Waals surface area contributed by atoms with Gasteiger partial charge in [0.05, 0.1) is 0 Å². The van der Waals surface area contributed by atoms with Crippen molar-refractivity contribution in [2.75, 3.05) is 31.1 Å². The van der Waals surface area contributed by atoms with E-state index in [1.54, 1.807) is 0 Å². The number of benzene rings is 1. The lowest BCUT2D eigenvalue weighted by molar-refractivity contribution is 0.296. The third-order valence-corrected chi connectivity index (χ3v) is 3.71. The van der Waals surface area contributed by atoms with Crippen molar-refractivity contribution in [3.05, 3.63) is 29.8 Å². The van der Waals surface area contributed by atoms with E-state index in [0.717, 1.165) is 19.6 Å². The second-order valence-electron chi connectivity index (χ2n) is 4.82. The first-order chi connectivity index (χ1) is 8.33. The number of hydrogen-bond donors (Lipinski definition) is 0. The number of anilines is 1. The third kappa shape index (κ3) is 3.22. The van der Waals surface area contributed by atoms with Gasteiger partial charge in [0.2, 0.25) is 0 Å². The summed E-state index contributed by atoms with van der Waals surface area (Å²) in [5, 5.41) is 0. The molecular weight excluding hydrogens is 208 g/mol. The predicted octanol–water partition coefficient (Wildman–Crippen LogP) is 3.13. The molecule has 1 aromatic rings. The van der Waals surface area contributed by atoms with Crippen LogP contribution in [0.4, 0.5) is 5.69 Å². The highest BCUT2D eigenvalue weighted by Crippen LogP contribution is 2.20. The molecule has 1 aliphatic rings. The molecule has 1 aromatic carbocycles. The molecule has 0 radical (unpaired) electrons. The van der Waals surface area contributed by atoms with E-state index < -0.39 is 0 Å². The highest BCUT2D eigenvalue weighted by atomic mass is 15.1. The van der Waals surface area contributed by atoms with E-state index in [4.69, 9.17) is 0 Å². The second kappa shape index (κ2) is 6.06. The summed E-state index contributed by atoms with van der Waals surface area (Å²) in [6.45, 7) is 10.2. The van der Waals surface area contributed by atoms with Gasteiger partial charge in [-0.3, -0.25) is 4.90 Å². The summed E-state index contributed by atoms with van der Waals surface area (Å²) in [5.41, 5.74) is 2.82. The molecule has 2 rings (SSSR count). The Morgan fingerprint density at radius 3 is 2.12 bits per heavy atom. The zero-order valence-corrected chi connectivity index (χ0v) is 11.2. The van der Waals surface area contributed by atoms with Crippen molar-refractivity contribution >= 4 is 5.69 Å². The first-order valence-corrected chi connectivity index (χ1v) is 6.89. The average Bonchev–Trinajstić information content (AvgIpc) is 2.90. The standard InChI is InChI=1S/C15H24N2/c1-3-16(4-2)13-14-7-9-15(10-8-14)17-11-5-6-12-17/h7-10H,3-6,11-13H2,1-2H3. The van der Waals surface area contributed by atoms with E-state index in [1.165, 1.54) is 37.2 Å². The van der Waals surface area contributed by atoms with Crippen LogP contribution in [0, 0.1) is 0 Å². The fourth-order valence-electron chi connectivity index (χ4n) is 2.49. The molecule has 1 fully saturated rings. The molecule has 1 aliphatic heterocycles. The van der Waals surface area contributed by atoms with Crippen LogP contribution in [0.15, 0.2) is 24.3 Å². The van der Waals surface area contributed by atoms with Crippen molar-refractivity contribution in [3.8, 4) is 0 Å². The topological polar surface area (TPSA) is 6.48 Å². The minimum Gasteiger partial charge on any atom is -0.372 e. The van der Waals surface area contributed by atoms with Crippen LogP contribution in [0.1, 0.15) is 32.3 Å². The molecule has 0 amide bonds. The van der Waals surface area contributed by atoms with Gasteiger partial charge < -0.3 is 4.90 Å². The van der Waals surface area contributed by atoms with E-state index >= 15 is 0 Å². The molecule has 0 bridgehead atoms. The van der Waals surface area contributed by atoms with Crippen LogP contribution in [-0.2, 0) is 6.54 Å². The second-order valence-corrected chi connectivity index (χ2v) is 4.82. The van der Waals surface area contributed by atoms with Crippen molar-refractivity contribution in [2.45, 2.75) is 33.2 Å². The maximum Gasteiger partial charge on any atom is 0.0366 e. The van der Waals surface area contributed by atoms with Gasteiger partial charge in [0.15, 0.2) is 0 Å². The summed E-state index contributed by atoms with van der Waals surface area (Å²) in [6.07, 6.45) is 2.70. The van der Waals surface area contributed by atoms with E-state index in [2.05, 4.69) is 47.9 Å². The summed E-state index contributed by atoms with van der Waals surface area (Å²) >= 11 is 0. The molecule has 1 saturated heterocycles. The van der Waals surface area contributed by atoms with Gasteiger partial charge >= 0.3 is 0 Å². The molecule has 0 aliphatic carbocycles. The molecule has 2 heteroatoms. The maximum absolute atomic E-state index is 2.49. The molecule has 0 aromatic heterocycles. The molecule has 0 atom stereocenters. The Bertz CT molecular complexity index is 321. The minimum atomic E-state index is 1.08. The van der Waals surface area contributed by atoms with Crippen LogP contribution >= 0.6 is 0 Å². The summed E-state index contributed by atoms with van der Waals surface area (Å²) < 4.78 is 0. The SMILES string of the molecule is CCN(CC)Cc1ccc(N2CCCC2)cc1. The maximum atomic E-state index is 2.49. The van der Waals surface area contributed by atoms with Crippen molar-refractivity contribution in [2.24, 2.45) is 0 Å². The predicted molar refractivity (Wildman–Crippen MR) is 74.5 cm³/mol. The minimum absolute atomic E-state index is 1.08. The van der Waals surface area contributed by atoms with E-state index in [0.29, 0.717) is 0 Å². The average molecular weight is 232 g/mol. The summed E-state index contributed by atoms with van der Waals surface area (Å²) in [4.78, 5) is 4.94. The van der Waals surface area contributed by atoms with Crippen molar-refractivity contribution in [3.63, 3.8) is 0 Å². The molecule has 0 unspecified atom stereocenters. The van der Waals surface area contributed by atoms with Crippen LogP contribution in [0.3, 0.4) is 0 Å². The first-order valence-electron chi connectivity index (χ1n) is 6.89. The molecule has 94 valence electrons. The van der Waals surface area contributed by atoms with Gasteiger partial charge in [-0.25, -0.2) is 0 Å². The van der Waals surface area contributed by atoms with Crippen LogP contribution in [0.2, 0.25) is 0 Å². The van der Waals surface area contributed by atoms with Gasteiger partial charge in [-0.05, 0) is 43.6 Å². The van der Waals surface area contributed by atoms with Gasteiger partial charge in [-0.1, -0.05) is 26.0 Å². The van der Waals surface area contributed by atoms with Gasteiger partial charge in [0.1, 0.15) is 0 Å². The molecular formula is C15H24N2. The summed E-state index contributed by atoms with van der Waals surface area (Å²) in [5.74, 6) is 0. The van der Waals surface area contributed by atoms with Crippen molar-refractivity contribution < 1.29 is 0 Å². The van der Waals surface area contributed by atoms with Crippen LogP contribution < -0.4 is 4.90 Å². The fraction of sp³-hybridized carbons (Fsp3) is 0.600. The quantitative estimate of drug-likeness (QED) is 0.769. The molecule has 0 N–H and O–H groups in total. The van der Waals surface area contributed by atoms with E-state index in [9.17, 15) is 0 Å². The lowest BCUT2D eigenvalue weighted by Gasteiger charge is -2.20. The molecule has 17 heavy (non-hydrogen) atoms. The highest BCUT2D eigenvalue weighted by Gasteiger charge is 2.11. The third-order valence-electron chi connectivity index (χ3n) is 3.71. The number of rotatable bonds is 5. The van der Waals surface area contributed by atoms with Gasteiger partial charge in [-0.2, -0.15) is 0 Å². The van der Waals surface area contributed by atoms with Gasteiger partial charge in [0.25, 0.3) is 0 Å². The monoisotopic (exact) mass is 232 g/mol. The van der Waals surface area contributed by atoms with E-state index in [1.807, 2.05) is 0 Å². The largest absolute Gasteiger partial charge is 0.372 e. The Morgan fingerprint density at radius 2 is 1.59 bits per heavy atom. The highest BCUT2D eigenvalue weighted by molar-refractivity contribution is 5.48. The number of nitrogens with zero attached hydrogens (tertiary/aromatic N) is 2. The Labute approximate surface area is 105 Å². The normalized spacial score (nSPS) is 15.8. The van der Waals surface area contributed by atoms with Crippen LogP contribution in [0.5, 0.6) is 0 Å². The van der Waals surface area contributed by atoms with Crippen molar-refractivity contribution in [1.29, 1.82) is 0 Å². The van der Waals surface area contributed by atoms with Gasteiger partial charge in [-0.15, -0.1) is 0 Å². The molecule has 0 saturated carbocycles. The zero-order chi connectivity index (χ0) is 12.1. The Kier molecular flexibility index (Phi) is 4.43. The van der Waals surface area contributed by atoms with Gasteiger partial charge in [0, 0.05) is 25.3 Å². The summed E-state index contributed by atoms with van der Waals surface area (Å²) in [6, 6.07) is 9.13. The fourth-order valence-corrected chi connectivity index (χ4v) is 2.49. The Balaban J connectivity index is 1.97. The molecule has 2 nitrogen and oxygen atoms in total. The molecule has 0 spiro atoms. The zero-order valence-electron chi connectivity index (χ0n) is 11.2. The lowest BCUT2D eigenvalue weighted by atomic mass is 10.2. The lowest BCUT2D eigenvalue weighted by Crippen LogP contribution is -2.22. The Hall–Kier alpha value is -1.02. The van der Waals surface area contributed by atoms with E-state index in [-0.39, 0.29) is 0 Å². The summed E-state index contributed by atoms with van der Waals surface area (Å²) in [7, 11) is 0. The first kappa shape index (κ1) is 12.4.